The van der Waals surface area contributed by atoms with Crippen LogP contribution in [-0.2, 0) is 27.7 Å². The van der Waals surface area contributed by atoms with E-state index in [1.807, 2.05) is 31.2 Å². The van der Waals surface area contributed by atoms with Crippen molar-refractivity contribution in [2.24, 2.45) is 0 Å². The highest BCUT2D eigenvalue weighted by Crippen LogP contribution is 2.25. The fourth-order valence-corrected chi connectivity index (χ4v) is 4.66. The van der Waals surface area contributed by atoms with E-state index in [2.05, 4.69) is 19.5 Å². The average molecular weight is 426 g/mol. The van der Waals surface area contributed by atoms with Crippen LogP contribution in [0.4, 0.5) is 0 Å². The summed E-state index contributed by atoms with van der Waals surface area (Å²) in [7, 11) is -3.48. The lowest BCUT2D eigenvalue weighted by molar-refractivity contribution is 0.126. The molecule has 0 unspecified atom stereocenters. The molecule has 0 saturated heterocycles. The van der Waals surface area contributed by atoms with Gasteiger partial charge in [0.1, 0.15) is 17.9 Å². The second kappa shape index (κ2) is 8.85. The topological polar surface area (TPSA) is 99.9 Å². The van der Waals surface area contributed by atoms with E-state index >= 15 is 0 Å². The number of pyridine rings is 1. The van der Waals surface area contributed by atoms with Gasteiger partial charge in [-0.3, -0.25) is 4.98 Å². The molecule has 0 N–H and O–H groups in total. The van der Waals surface area contributed by atoms with E-state index < -0.39 is 9.84 Å². The molecule has 3 heterocycles. The van der Waals surface area contributed by atoms with Crippen molar-refractivity contribution < 1.29 is 13.2 Å². The van der Waals surface area contributed by atoms with Gasteiger partial charge in [-0.1, -0.05) is 18.2 Å². The van der Waals surface area contributed by atoms with Gasteiger partial charge in [-0.05, 0) is 31.9 Å². The van der Waals surface area contributed by atoms with Crippen LogP contribution in [0.1, 0.15) is 25.6 Å². The molecule has 0 atom stereocenters. The maximum Gasteiger partial charge on any atom is 0.246 e. The SMILES string of the molecule is CCOCc1nc2cnc3ccccc3c2n1CCCCS(=O)(=O)c1ncccn1. The van der Waals surface area contributed by atoms with Crippen LogP contribution in [0.5, 0.6) is 0 Å². The fourth-order valence-electron chi connectivity index (χ4n) is 3.45. The average Bonchev–Trinajstić information content (AvgIpc) is 3.13. The van der Waals surface area contributed by atoms with Gasteiger partial charge in [0.05, 0.1) is 23.0 Å². The molecule has 1 aromatic carbocycles. The van der Waals surface area contributed by atoms with Crippen LogP contribution in [0.25, 0.3) is 21.9 Å². The molecule has 156 valence electrons. The summed E-state index contributed by atoms with van der Waals surface area (Å²) in [6.45, 7) is 3.58. The fraction of sp³-hybridized carbons (Fsp3) is 0.333. The Labute approximate surface area is 174 Å². The third kappa shape index (κ3) is 4.17. The van der Waals surface area contributed by atoms with Gasteiger partial charge in [0.15, 0.2) is 0 Å². The normalized spacial score (nSPS) is 12.0. The van der Waals surface area contributed by atoms with E-state index in [0.29, 0.717) is 32.6 Å². The molecule has 0 aliphatic rings. The lowest BCUT2D eigenvalue weighted by Gasteiger charge is -2.10. The highest BCUT2D eigenvalue weighted by atomic mass is 32.2. The van der Waals surface area contributed by atoms with Crippen molar-refractivity contribution in [3.8, 4) is 0 Å². The van der Waals surface area contributed by atoms with E-state index in [1.165, 1.54) is 12.4 Å². The molecule has 4 rings (SSSR count). The molecule has 30 heavy (non-hydrogen) atoms. The molecule has 3 aromatic heterocycles. The third-order valence-electron chi connectivity index (χ3n) is 4.86. The second-order valence-electron chi connectivity index (χ2n) is 6.88. The number of nitrogens with zero attached hydrogens (tertiary/aromatic N) is 5. The van der Waals surface area contributed by atoms with Crippen LogP contribution in [0.2, 0.25) is 0 Å². The van der Waals surface area contributed by atoms with Gasteiger partial charge in [-0.15, -0.1) is 0 Å². The van der Waals surface area contributed by atoms with Gasteiger partial charge >= 0.3 is 0 Å². The van der Waals surface area contributed by atoms with Gasteiger partial charge in [-0.2, -0.15) is 0 Å². The number of hydrogen-bond donors (Lipinski definition) is 0. The van der Waals surface area contributed by atoms with Crippen LogP contribution < -0.4 is 0 Å². The number of hydrogen-bond acceptors (Lipinski definition) is 7. The Morgan fingerprint density at radius 3 is 2.60 bits per heavy atom. The number of fused-ring (bicyclic) bond motifs is 3. The Bertz CT molecular complexity index is 1260. The Balaban J connectivity index is 1.57. The van der Waals surface area contributed by atoms with Gasteiger partial charge in [0.25, 0.3) is 0 Å². The Hall–Kier alpha value is -2.91. The molecule has 0 fully saturated rings. The number of benzene rings is 1. The predicted octanol–water partition coefficient (Wildman–Crippen LogP) is 3.17. The summed E-state index contributed by atoms with van der Waals surface area (Å²) in [6.07, 6.45) is 5.83. The Morgan fingerprint density at radius 2 is 1.80 bits per heavy atom. The number of para-hydroxylation sites is 1. The van der Waals surface area contributed by atoms with Crippen LogP contribution in [-0.4, -0.2) is 45.3 Å². The zero-order valence-electron chi connectivity index (χ0n) is 16.7. The molecule has 0 bridgehead atoms. The summed E-state index contributed by atoms with van der Waals surface area (Å²) < 4.78 is 32.6. The van der Waals surface area contributed by atoms with Crippen LogP contribution in [0.15, 0.2) is 54.1 Å². The molecule has 0 spiro atoms. The summed E-state index contributed by atoms with van der Waals surface area (Å²) in [5.74, 6) is 0.825. The smallest absolute Gasteiger partial charge is 0.246 e. The summed E-state index contributed by atoms with van der Waals surface area (Å²) >= 11 is 0. The summed E-state index contributed by atoms with van der Waals surface area (Å²) in [4.78, 5) is 16.9. The van der Waals surface area contributed by atoms with Gasteiger partial charge < -0.3 is 9.30 Å². The Morgan fingerprint density at radius 1 is 1.00 bits per heavy atom. The van der Waals surface area contributed by atoms with E-state index in [9.17, 15) is 8.42 Å². The largest absolute Gasteiger partial charge is 0.374 e. The maximum atomic E-state index is 12.4. The third-order valence-corrected chi connectivity index (χ3v) is 6.45. The van der Waals surface area contributed by atoms with E-state index in [0.717, 1.165) is 27.8 Å². The van der Waals surface area contributed by atoms with E-state index in [4.69, 9.17) is 9.72 Å². The first-order chi connectivity index (χ1) is 14.6. The highest BCUT2D eigenvalue weighted by molar-refractivity contribution is 7.91. The van der Waals surface area contributed by atoms with Crippen molar-refractivity contribution in [2.75, 3.05) is 12.4 Å². The van der Waals surface area contributed by atoms with Crippen LogP contribution in [0.3, 0.4) is 0 Å². The number of sulfone groups is 1. The van der Waals surface area contributed by atoms with Crippen molar-refractivity contribution >= 4 is 31.8 Å². The minimum atomic E-state index is -3.48. The summed E-state index contributed by atoms with van der Waals surface area (Å²) in [6, 6.07) is 9.54. The first-order valence-corrected chi connectivity index (χ1v) is 11.6. The van der Waals surface area contributed by atoms with Crippen LogP contribution >= 0.6 is 0 Å². The monoisotopic (exact) mass is 425 g/mol. The number of imidazole rings is 1. The van der Waals surface area contributed by atoms with Crippen molar-refractivity contribution in [3.63, 3.8) is 0 Å². The van der Waals surface area contributed by atoms with Crippen molar-refractivity contribution in [1.29, 1.82) is 0 Å². The van der Waals surface area contributed by atoms with Crippen molar-refractivity contribution in [3.05, 3.63) is 54.7 Å². The maximum absolute atomic E-state index is 12.4. The lowest BCUT2D eigenvalue weighted by Crippen LogP contribution is -2.12. The van der Waals surface area contributed by atoms with Gasteiger partial charge in [0, 0.05) is 30.9 Å². The minimum Gasteiger partial charge on any atom is -0.374 e. The zero-order valence-corrected chi connectivity index (χ0v) is 17.5. The van der Waals surface area contributed by atoms with Gasteiger partial charge in [0.2, 0.25) is 15.0 Å². The van der Waals surface area contributed by atoms with Crippen molar-refractivity contribution in [1.82, 2.24) is 24.5 Å². The lowest BCUT2D eigenvalue weighted by atomic mass is 10.2. The second-order valence-corrected chi connectivity index (χ2v) is 8.89. The standard InChI is InChI=1S/C21H23N5O3S/c1-2-29-15-19-25-18-14-24-17-9-4-3-8-16(17)20(18)26(19)12-5-6-13-30(27,28)21-22-10-7-11-23-21/h3-4,7-11,14H,2,5-6,12-13,15H2,1H3. The first-order valence-electron chi connectivity index (χ1n) is 9.90. The number of unbranched alkanes of at least 4 members (excludes halogenated alkanes) is 1. The number of rotatable bonds is 9. The minimum absolute atomic E-state index is 0.00669. The molecule has 4 aromatic rings. The molecule has 0 radical (unpaired) electrons. The summed E-state index contributed by atoms with van der Waals surface area (Å²) in [5.41, 5.74) is 2.72. The van der Waals surface area contributed by atoms with Crippen LogP contribution in [0, 0.1) is 0 Å². The highest BCUT2D eigenvalue weighted by Gasteiger charge is 2.18. The molecule has 0 saturated carbocycles. The predicted molar refractivity (Wildman–Crippen MR) is 114 cm³/mol. The number of ether oxygens (including phenoxy) is 1. The molecular formula is C21H23N5O3S. The van der Waals surface area contributed by atoms with Crippen molar-refractivity contribution in [2.45, 2.75) is 38.1 Å². The molecule has 9 heteroatoms. The molecule has 8 nitrogen and oxygen atoms in total. The van der Waals surface area contributed by atoms with Gasteiger partial charge in [-0.25, -0.2) is 23.4 Å². The molecule has 0 amide bonds. The molecule has 0 aliphatic heterocycles. The summed E-state index contributed by atoms with van der Waals surface area (Å²) in [5, 5.41) is 0.905. The van der Waals surface area contributed by atoms with E-state index in [1.54, 1.807) is 12.3 Å². The molecule has 0 aliphatic carbocycles. The van der Waals surface area contributed by atoms with E-state index in [-0.39, 0.29) is 10.9 Å². The number of aryl methyl sites for hydroxylation is 1. The Kier molecular flexibility index (Phi) is 6.01. The first kappa shape index (κ1) is 20.4. The quantitative estimate of drug-likeness (QED) is 0.300. The number of aromatic nitrogens is 5. The molecular weight excluding hydrogens is 402 g/mol. The zero-order chi connectivity index (χ0) is 21.0.